The van der Waals surface area contributed by atoms with E-state index in [-0.39, 0.29) is 12.2 Å². The molecule has 2 fully saturated rings. The lowest BCUT2D eigenvalue weighted by Crippen LogP contribution is -2.47. The Hall–Kier alpha value is -0.220. The number of amides is 1. The van der Waals surface area contributed by atoms with Crippen molar-refractivity contribution in [1.29, 1.82) is 0 Å². The lowest BCUT2D eigenvalue weighted by Gasteiger charge is -2.40. The average molecular weight is 284 g/mol. The summed E-state index contributed by atoms with van der Waals surface area (Å²) in [7, 11) is 0. The first-order valence-electron chi connectivity index (χ1n) is 7.73. The maximum Gasteiger partial charge on any atom is 0.240 e. The summed E-state index contributed by atoms with van der Waals surface area (Å²) < 4.78 is 0.311. The van der Waals surface area contributed by atoms with Gasteiger partial charge in [-0.2, -0.15) is 11.8 Å². The van der Waals surface area contributed by atoms with Gasteiger partial charge in [0.25, 0.3) is 0 Å². The van der Waals surface area contributed by atoms with Gasteiger partial charge in [-0.25, -0.2) is 0 Å². The van der Waals surface area contributed by atoms with Crippen molar-refractivity contribution in [3.63, 3.8) is 0 Å². The Morgan fingerprint density at radius 2 is 2.05 bits per heavy atom. The minimum atomic E-state index is -0.000883. The van der Waals surface area contributed by atoms with E-state index in [9.17, 15) is 4.79 Å². The van der Waals surface area contributed by atoms with E-state index in [0.717, 1.165) is 19.4 Å². The van der Waals surface area contributed by atoms with Gasteiger partial charge in [-0.1, -0.05) is 32.6 Å². The number of thioether (sulfide) groups is 1. The molecule has 2 aliphatic rings. The van der Waals surface area contributed by atoms with Gasteiger partial charge < -0.3 is 4.90 Å². The molecule has 2 rings (SSSR count). The van der Waals surface area contributed by atoms with Gasteiger partial charge in [0.2, 0.25) is 5.91 Å². The molecule has 0 aromatic carbocycles. The van der Waals surface area contributed by atoms with Crippen molar-refractivity contribution in [1.82, 2.24) is 10.2 Å². The van der Waals surface area contributed by atoms with Gasteiger partial charge in [0, 0.05) is 11.3 Å². The van der Waals surface area contributed by atoms with Crippen LogP contribution in [0.1, 0.15) is 58.8 Å². The summed E-state index contributed by atoms with van der Waals surface area (Å²) in [4.78, 5) is 14.5. The molecule has 1 saturated heterocycles. The van der Waals surface area contributed by atoms with Gasteiger partial charge in [-0.05, 0) is 32.4 Å². The van der Waals surface area contributed by atoms with Gasteiger partial charge in [0.15, 0.2) is 0 Å². The van der Waals surface area contributed by atoms with Gasteiger partial charge >= 0.3 is 0 Å². The first kappa shape index (κ1) is 15.2. The quantitative estimate of drug-likeness (QED) is 0.842. The zero-order chi connectivity index (χ0) is 13.9. The molecule has 0 spiro atoms. The first-order chi connectivity index (χ1) is 9.12. The summed E-state index contributed by atoms with van der Waals surface area (Å²) in [6, 6.07) is -0.000883. The van der Waals surface area contributed by atoms with Crippen molar-refractivity contribution in [3.8, 4) is 0 Å². The van der Waals surface area contributed by atoms with Crippen LogP contribution in [-0.2, 0) is 4.79 Å². The van der Waals surface area contributed by atoms with Crippen LogP contribution < -0.4 is 5.32 Å². The van der Waals surface area contributed by atoms with E-state index in [0.29, 0.717) is 10.7 Å². The number of hydrogen-bond acceptors (Lipinski definition) is 3. The minimum absolute atomic E-state index is 0.000883. The monoisotopic (exact) mass is 284 g/mol. The van der Waals surface area contributed by atoms with Crippen molar-refractivity contribution in [2.24, 2.45) is 0 Å². The molecular weight excluding hydrogens is 256 g/mol. The molecule has 2 unspecified atom stereocenters. The van der Waals surface area contributed by atoms with Crippen LogP contribution >= 0.6 is 11.8 Å². The van der Waals surface area contributed by atoms with Crippen molar-refractivity contribution >= 4 is 17.7 Å². The van der Waals surface area contributed by atoms with E-state index in [4.69, 9.17) is 0 Å². The molecule has 2 atom stereocenters. The summed E-state index contributed by atoms with van der Waals surface area (Å²) in [6.07, 6.45) is 11.2. The highest BCUT2D eigenvalue weighted by Gasteiger charge is 2.41. The van der Waals surface area contributed by atoms with E-state index in [2.05, 4.69) is 23.4 Å². The van der Waals surface area contributed by atoms with E-state index >= 15 is 0 Å². The number of carbonyl (C=O) groups is 1. The first-order valence-corrected chi connectivity index (χ1v) is 8.96. The van der Waals surface area contributed by atoms with Crippen molar-refractivity contribution in [3.05, 3.63) is 0 Å². The summed E-state index contributed by atoms with van der Waals surface area (Å²) in [5.74, 6) is 0.303. The van der Waals surface area contributed by atoms with Crippen LogP contribution in [0.4, 0.5) is 0 Å². The summed E-state index contributed by atoms with van der Waals surface area (Å²) >= 11 is 1.98. The van der Waals surface area contributed by atoms with Gasteiger partial charge in [-0.3, -0.25) is 10.1 Å². The second-order valence-electron chi connectivity index (χ2n) is 6.11. The normalized spacial score (nSPS) is 30.9. The molecular formula is C15H28N2OS. The molecule has 1 heterocycles. The van der Waals surface area contributed by atoms with Crippen LogP contribution in [0.5, 0.6) is 0 Å². The fraction of sp³-hybridized carbons (Fsp3) is 0.933. The molecule has 1 saturated carbocycles. The second kappa shape index (κ2) is 6.49. The van der Waals surface area contributed by atoms with Crippen LogP contribution in [-0.4, -0.2) is 40.6 Å². The van der Waals surface area contributed by atoms with Crippen molar-refractivity contribution in [2.45, 2.75) is 75.7 Å². The summed E-state index contributed by atoms with van der Waals surface area (Å²) in [5.41, 5.74) is 0. The highest BCUT2D eigenvalue weighted by molar-refractivity contribution is 8.00. The average Bonchev–Trinajstić information content (AvgIpc) is 2.68. The number of hydrogen-bond donors (Lipinski definition) is 1. The number of nitrogens with zero attached hydrogens (tertiary/aromatic N) is 1. The SMILES string of the molecule is CCCC1NC(C)C(=O)N1CC1(SC)CCCCC1. The number of nitrogens with one attached hydrogen (secondary N) is 1. The third kappa shape index (κ3) is 3.27. The maximum absolute atomic E-state index is 12.4. The Morgan fingerprint density at radius 3 is 2.63 bits per heavy atom. The summed E-state index contributed by atoms with van der Waals surface area (Å²) in [5, 5.41) is 3.45. The van der Waals surface area contributed by atoms with Crippen LogP contribution in [0.15, 0.2) is 0 Å². The van der Waals surface area contributed by atoms with Crippen LogP contribution in [0, 0.1) is 0 Å². The predicted octanol–water partition coefficient (Wildman–Crippen LogP) is 3.00. The molecule has 0 aromatic rings. The number of carbonyl (C=O) groups excluding carboxylic acids is 1. The zero-order valence-electron chi connectivity index (χ0n) is 12.6. The zero-order valence-corrected chi connectivity index (χ0v) is 13.4. The highest BCUT2D eigenvalue weighted by atomic mass is 32.2. The molecule has 0 aromatic heterocycles. The van der Waals surface area contributed by atoms with E-state index in [1.54, 1.807) is 0 Å². The fourth-order valence-electron chi connectivity index (χ4n) is 3.49. The van der Waals surface area contributed by atoms with Crippen molar-refractivity contribution < 1.29 is 4.79 Å². The van der Waals surface area contributed by atoms with Gasteiger partial charge in [0.1, 0.15) is 0 Å². The van der Waals surface area contributed by atoms with Gasteiger partial charge in [-0.15, -0.1) is 0 Å². The second-order valence-corrected chi connectivity index (χ2v) is 7.38. The third-order valence-corrected chi connectivity index (χ3v) is 6.09. The number of rotatable bonds is 5. The molecule has 3 nitrogen and oxygen atoms in total. The molecule has 1 amide bonds. The molecule has 110 valence electrons. The van der Waals surface area contributed by atoms with Crippen molar-refractivity contribution in [2.75, 3.05) is 12.8 Å². The molecule has 1 N–H and O–H groups in total. The fourth-order valence-corrected chi connectivity index (χ4v) is 4.45. The largest absolute Gasteiger partial charge is 0.324 e. The highest BCUT2D eigenvalue weighted by Crippen LogP contribution is 2.40. The maximum atomic E-state index is 12.4. The standard InChI is InChI=1S/C15H28N2OS/c1-4-8-13-16-12(2)14(18)17(13)11-15(19-3)9-6-5-7-10-15/h12-13,16H,4-11H2,1-3H3. The smallest absolute Gasteiger partial charge is 0.240 e. The molecule has 4 heteroatoms. The third-order valence-electron chi connectivity index (χ3n) is 4.69. The molecule has 1 aliphatic carbocycles. The van der Waals surface area contributed by atoms with Crippen LogP contribution in [0.2, 0.25) is 0 Å². The molecule has 1 aliphatic heterocycles. The lowest BCUT2D eigenvalue weighted by molar-refractivity contribution is -0.130. The summed E-state index contributed by atoms with van der Waals surface area (Å²) in [6.45, 7) is 5.13. The van der Waals surface area contributed by atoms with E-state index < -0.39 is 0 Å². The van der Waals surface area contributed by atoms with Crippen LogP contribution in [0.25, 0.3) is 0 Å². The Kier molecular flexibility index (Phi) is 5.18. The Bertz CT molecular complexity index is 315. The lowest BCUT2D eigenvalue weighted by atomic mass is 9.87. The molecule has 0 bridgehead atoms. The van der Waals surface area contributed by atoms with Crippen LogP contribution in [0.3, 0.4) is 0 Å². The Labute approximate surface area is 121 Å². The Balaban J connectivity index is 2.07. The topological polar surface area (TPSA) is 32.3 Å². The molecule has 0 radical (unpaired) electrons. The minimum Gasteiger partial charge on any atom is -0.324 e. The van der Waals surface area contributed by atoms with E-state index in [1.807, 2.05) is 18.7 Å². The van der Waals surface area contributed by atoms with E-state index in [1.165, 1.54) is 32.1 Å². The van der Waals surface area contributed by atoms with Gasteiger partial charge in [0.05, 0.1) is 12.2 Å². The Morgan fingerprint density at radius 1 is 1.37 bits per heavy atom. The predicted molar refractivity (Wildman–Crippen MR) is 82.3 cm³/mol. The molecule has 19 heavy (non-hydrogen) atoms.